The fraction of sp³-hybridized carbons (Fsp3) is 0.500. The van der Waals surface area contributed by atoms with E-state index < -0.39 is 11.6 Å². The maximum Gasteiger partial charge on any atom is 0.224 e. The molecule has 1 aliphatic carbocycles. The first-order chi connectivity index (χ1) is 9.06. The van der Waals surface area contributed by atoms with E-state index in [1.165, 1.54) is 25.7 Å². The van der Waals surface area contributed by atoms with Crippen LogP contribution in [0.15, 0.2) is 12.1 Å². The molecule has 0 heterocycles. The van der Waals surface area contributed by atoms with E-state index in [1.807, 2.05) is 0 Å². The van der Waals surface area contributed by atoms with Crippen molar-refractivity contribution in [2.45, 2.75) is 38.5 Å². The molecule has 3 nitrogen and oxygen atoms in total. The Morgan fingerprint density at radius 1 is 1.32 bits per heavy atom. The third-order valence-electron chi connectivity index (χ3n) is 3.60. The summed E-state index contributed by atoms with van der Waals surface area (Å²) in [5, 5.41) is 2.42. The predicted molar refractivity (Wildman–Crippen MR) is 70.6 cm³/mol. The maximum absolute atomic E-state index is 13.5. The number of nitrogen functional groups attached to an aromatic ring is 1. The summed E-state index contributed by atoms with van der Waals surface area (Å²) in [5.41, 5.74) is 5.28. The first kappa shape index (κ1) is 13.8. The second kappa shape index (κ2) is 5.99. The van der Waals surface area contributed by atoms with Crippen molar-refractivity contribution in [3.05, 3.63) is 23.8 Å². The van der Waals surface area contributed by atoms with Gasteiger partial charge in [0.25, 0.3) is 0 Å². The zero-order chi connectivity index (χ0) is 13.8. The van der Waals surface area contributed by atoms with E-state index >= 15 is 0 Å². The molecule has 1 aromatic carbocycles. The second-order valence-corrected chi connectivity index (χ2v) is 5.09. The molecule has 0 bridgehead atoms. The van der Waals surface area contributed by atoms with Crippen molar-refractivity contribution in [2.75, 3.05) is 11.1 Å². The first-order valence-corrected chi connectivity index (χ1v) is 6.60. The molecule has 0 spiro atoms. The molecule has 1 amide bonds. The lowest BCUT2D eigenvalue weighted by molar-refractivity contribution is -0.116. The Labute approximate surface area is 111 Å². The fourth-order valence-corrected chi connectivity index (χ4v) is 2.56. The van der Waals surface area contributed by atoms with Gasteiger partial charge >= 0.3 is 0 Å². The number of nitrogens with two attached hydrogens (primary N) is 1. The van der Waals surface area contributed by atoms with Crippen LogP contribution in [0.1, 0.15) is 38.5 Å². The number of benzene rings is 1. The number of carbonyl (C=O) groups is 1. The summed E-state index contributed by atoms with van der Waals surface area (Å²) in [7, 11) is 0. The molecule has 1 aliphatic rings. The summed E-state index contributed by atoms with van der Waals surface area (Å²) in [6.45, 7) is 0. The zero-order valence-electron chi connectivity index (χ0n) is 10.7. The monoisotopic (exact) mass is 268 g/mol. The molecule has 1 aromatic rings. The zero-order valence-corrected chi connectivity index (χ0v) is 10.7. The van der Waals surface area contributed by atoms with Gasteiger partial charge in [-0.05, 0) is 18.4 Å². The molecule has 1 saturated carbocycles. The number of halogens is 2. The van der Waals surface area contributed by atoms with Gasteiger partial charge in [0.2, 0.25) is 5.91 Å². The number of hydrogen-bond donors (Lipinski definition) is 2. The van der Waals surface area contributed by atoms with E-state index in [0.717, 1.165) is 12.5 Å². The molecule has 0 unspecified atom stereocenters. The van der Waals surface area contributed by atoms with Crippen molar-refractivity contribution in [1.82, 2.24) is 0 Å². The van der Waals surface area contributed by atoms with Crippen molar-refractivity contribution in [3.63, 3.8) is 0 Å². The van der Waals surface area contributed by atoms with Gasteiger partial charge in [-0.3, -0.25) is 4.79 Å². The second-order valence-electron chi connectivity index (χ2n) is 5.09. The lowest BCUT2D eigenvalue weighted by Crippen LogP contribution is -2.15. The van der Waals surface area contributed by atoms with Gasteiger partial charge in [0.15, 0.2) is 5.82 Å². The average Bonchev–Trinajstić information content (AvgIpc) is 2.84. The summed E-state index contributed by atoms with van der Waals surface area (Å²) in [5.74, 6) is -1.27. The van der Waals surface area contributed by atoms with Crippen LogP contribution >= 0.6 is 0 Å². The van der Waals surface area contributed by atoms with Gasteiger partial charge in [-0.25, -0.2) is 8.78 Å². The molecule has 1 fully saturated rings. The van der Waals surface area contributed by atoms with E-state index in [1.54, 1.807) is 0 Å². The van der Waals surface area contributed by atoms with Crippen molar-refractivity contribution in [1.29, 1.82) is 0 Å². The maximum atomic E-state index is 13.5. The van der Waals surface area contributed by atoms with Crippen molar-refractivity contribution in [3.8, 4) is 0 Å². The van der Waals surface area contributed by atoms with Crippen LogP contribution in [0.25, 0.3) is 0 Å². The van der Waals surface area contributed by atoms with Crippen LogP contribution < -0.4 is 11.1 Å². The number of amides is 1. The molecule has 0 saturated heterocycles. The van der Waals surface area contributed by atoms with Crippen LogP contribution in [0.2, 0.25) is 0 Å². The number of hydrogen-bond acceptors (Lipinski definition) is 2. The Kier molecular flexibility index (Phi) is 4.35. The van der Waals surface area contributed by atoms with Crippen LogP contribution in [0.5, 0.6) is 0 Å². The van der Waals surface area contributed by atoms with Crippen LogP contribution in [0, 0.1) is 17.6 Å². The Morgan fingerprint density at radius 3 is 2.63 bits per heavy atom. The minimum Gasteiger partial charge on any atom is -0.397 e. The molecule has 0 atom stereocenters. The van der Waals surface area contributed by atoms with E-state index in [0.29, 0.717) is 18.4 Å². The van der Waals surface area contributed by atoms with Crippen LogP contribution in [-0.2, 0) is 4.79 Å². The lowest BCUT2D eigenvalue weighted by atomic mass is 10.0. The number of rotatable bonds is 4. The molecule has 0 aromatic heterocycles. The molecule has 19 heavy (non-hydrogen) atoms. The van der Waals surface area contributed by atoms with E-state index in [4.69, 9.17) is 5.73 Å². The normalized spacial score (nSPS) is 15.7. The van der Waals surface area contributed by atoms with Gasteiger partial charge in [-0.15, -0.1) is 0 Å². The third kappa shape index (κ3) is 3.66. The largest absolute Gasteiger partial charge is 0.397 e. The molecular formula is C14H18F2N2O. The molecule has 5 heteroatoms. The van der Waals surface area contributed by atoms with Gasteiger partial charge in [0.05, 0.1) is 5.69 Å². The van der Waals surface area contributed by atoms with Gasteiger partial charge in [-0.1, -0.05) is 25.7 Å². The van der Waals surface area contributed by atoms with E-state index in [2.05, 4.69) is 5.32 Å². The van der Waals surface area contributed by atoms with Crippen LogP contribution in [0.4, 0.5) is 20.2 Å². The lowest BCUT2D eigenvalue weighted by Gasteiger charge is -2.11. The Balaban J connectivity index is 1.91. The minimum absolute atomic E-state index is 0.0910. The number of nitrogens with one attached hydrogen (secondary N) is 1. The van der Waals surface area contributed by atoms with Gasteiger partial charge in [0, 0.05) is 12.5 Å². The van der Waals surface area contributed by atoms with Crippen LogP contribution in [0.3, 0.4) is 0 Å². The average molecular weight is 268 g/mol. The quantitative estimate of drug-likeness (QED) is 0.822. The third-order valence-corrected chi connectivity index (χ3v) is 3.60. The Hall–Kier alpha value is -1.65. The van der Waals surface area contributed by atoms with E-state index in [9.17, 15) is 13.6 Å². The summed E-state index contributed by atoms with van der Waals surface area (Å²) < 4.78 is 26.3. The van der Waals surface area contributed by atoms with Crippen molar-refractivity contribution in [2.24, 2.45) is 5.92 Å². The first-order valence-electron chi connectivity index (χ1n) is 6.60. The summed E-state index contributed by atoms with van der Waals surface area (Å²) in [6, 6.07) is 1.71. The highest BCUT2D eigenvalue weighted by molar-refractivity contribution is 5.93. The highest BCUT2D eigenvalue weighted by Crippen LogP contribution is 2.29. The highest BCUT2D eigenvalue weighted by atomic mass is 19.1. The van der Waals surface area contributed by atoms with Gasteiger partial charge < -0.3 is 11.1 Å². The molecule has 0 radical (unpaired) electrons. The summed E-state index contributed by atoms with van der Waals surface area (Å²) >= 11 is 0. The molecule has 2 rings (SSSR count). The highest BCUT2D eigenvalue weighted by Gasteiger charge is 2.17. The molecule has 3 N–H and O–H groups in total. The SMILES string of the molecule is Nc1cc(F)cc(F)c1NC(=O)CCC1CCCC1. The summed E-state index contributed by atoms with van der Waals surface area (Å²) in [6.07, 6.45) is 5.95. The molecule has 104 valence electrons. The number of carbonyl (C=O) groups excluding carboxylic acids is 1. The fourth-order valence-electron chi connectivity index (χ4n) is 2.56. The standard InChI is InChI=1S/C14H18F2N2O/c15-10-7-11(16)14(12(17)8-10)18-13(19)6-5-9-3-1-2-4-9/h7-9H,1-6,17H2,(H,18,19). The Morgan fingerprint density at radius 2 is 2.00 bits per heavy atom. The number of anilines is 2. The molecule has 0 aliphatic heterocycles. The van der Waals surface area contributed by atoms with Gasteiger partial charge in [0.1, 0.15) is 11.5 Å². The smallest absolute Gasteiger partial charge is 0.224 e. The van der Waals surface area contributed by atoms with Crippen molar-refractivity contribution < 1.29 is 13.6 Å². The van der Waals surface area contributed by atoms with E-state index in [-0.39, 0.29) is 17.3 Å². The Bertz CT molecular complexity index is 448. The topological polar surface area (TPSA) is 55.1 Å². The minimum atomic E-state index is -0.841. The van der Waals surface area contributed by atoms with Gasteiger partial charge in [-0.2, -0.15) is 0 Å². The summed E-state index contributed by atoms with van der Waals surface area (Å²) in [4.78, 5) is 11.7. The molecular weight excluding hydrogens is 250 g/mol. The van der Waals surface area contributed by atoms with Crippen molar-refractivity contribution >= 4 is 17.3 Å². The predicted octanol–water partition coefficient (Wildman–Crippen LogP) is 3.46. The van der Waals surface area contributed by atoms with Crippen LogP contribution in [-0.4, -0.2) is 5.91 Å².